The Morgan fingerprint density at radius 3 is 2.67 bits per heavy atom. The van der Waals surface area contributed by atoms with Gasteiger partial charge in [-0.05, 0) is 49.4 Å². The molecule has 3 rings (SSSR count). The fourth-order valence-electron chi connectivity index (χ4n) is 3.31. The van der Waals surface area contributed by atoms with Crippen molar-refractivity contribution < 1.29 is 4.74 Å². The van der Waals surface area contributed by atoms with Crippen LogP contribution in [-0.4, -0.2) is 13.2 Å². The van der Waals surface area contributed by atoms with Gasteiger partial charge in [0.25, 0.3) is 0 Å². The molecule has 2 unspecified atom stereocenters. The third kappa shape index (κ3) is 2.03. The summed E-state index contributed by atoms with van der Waals surface area (Å²) in [5.74, 6) is 1.68. The molecular weight excluding hydrogens is 222 g/mol. The Kier molecular flexibility index (Phi) is 3.29. The number of hydrogen-bond acceptors (Lipinski definition) is 2. The lowest BCUT2D eigenvalue weighted by Crippen LogP contribution is -2.34. The third-order valence-corrected chi connectivity index (χ3v) is 4.30. The molecule has 2 aliphatic rings. The monoisotopic (exact) mass is 245 g/mol. The van der Waals surface area contributed by atoms with Gasteiger partial charge in [0.15, 0.2) is 0 Å². The Morgan fingerprint density at radius 2 is 1.94 bits per heavy atom. The molecule has 0 saturated carbocycles. The van der Waals surface area contributed by atoms with E-state index in [0.29, 0.717) is 12.0 Å². The molecule has 2 nitrogen and oxygen atoms in total. The molecular formula is C16H23NO. The molecule has 1 aromatic carbocycles. The molecule has 1 aliphatic heterocycles. The highest BCUT2D eigenvalue weighted by atomic mass is 16.5. The highest BCUT2D eigenvalue weighted by Crippen LogP contribution is 2.38. The molecule has 1 aliphatic carbocycles. The van der Waals surface area contributed by atoms with E-state index in [1.54, 1.807) is 5.56 Å². The summed E-state index contributed by atoms with van der Waals surface area (Å²) in [5, 5.41) is 3.62. The van der Waals surface area contributed by atoms with Gasteiger partial charge >= 0.3 is 0 Å². The molecule has 1 heterocycles. The molecule has 0 aromatic heterocycles. The minimum atomic E-state index is 0.464. The second-order valence-corrected chi connectivity index (χ2v) is 5.69. The Balaban J connectivity index is 2.01. The first-order chi connectivity index (χ1) is 8.79. The summed E-state index contributed by atoms with van der Waals surface area (Å²) in [6.45, 7) is 6.31. The van der Waals surface area contributed by atoms with Crippen LogP contribution in [0.4, 0.5) is 0 Å². The fourth-order valence-corrected chi connectivity index (χ4v) is 3.31. The summed E-state index contributed by atoms with van der Waals surface area (Å²) < 4.78 is 5.94. The molecule has 0 fully saturated rings. The van der Waals surface area contributed by atoms with Crippen molar-refractivity contribution in [3.63, 3.8) is 0 Å². The van der Waals surface area contributed by atoms with Gasteiger partial charge in [-0.25, -0.2) is 0 Å². The van der Waals surface area contributed by atoms with Gasteiger partial charge < -0.3 is 10.1 Å². The van der Waals surface area contributed by atoms with Crippen molar-refractivity contribution in [1.29, 1.82) is 0 Å². The largest absolute Gasteiger partial charge is 0.493 e. The van der Waals surface area contributed by atoms with Crippen molar-refractivity contribution >= 4 is 0 Å². The van der Waals surface area contributed by atoms with Crippen LogP contribution < -0.4 is 10.1 Å². The topological polar surface area (TPSA) is 21.3 Å². The van der Waals surface area contributed by atoms with Crippen molar-refractivity contribution in [3.05, 3.63) is 28.8 Å². The predicted molar refractivity (Wildman–Crippen MR) is 74.2 cm³/mol. The third-order valence-electron chi connectivity index (χ3n) is 4.30. The highest BCUT2D eigenvalue weighted by molar-refractivity contribution is 5.46. The normalized spacial score (nSPS) is 26.1. The van der Waals surface area contributed by atoms with Crippen LogP contribution in [0.1, 0.15) is 49.4 Å². The van der Waals surface area contributed by atoms with Crippen LogP contribution in [-0.2, 0) is 12.8 Å². The molecule has 98 valence electrons. The number of ether oxygens (including phenoxy) is 1. The SMILES string of the molecule is CCNC1c2cc3c(cc2OCC1C)CCCC3. The van der Waals surface area contributed by atoms with E-state index in [9.17, 15) is 0 Å². The second kappa shape index (κ2) is 4.93. The van der Waals surface area contributed by atoms with Crippen LogP contribution in [0.5, 0.6) is 5.75 Å². The van der Waals surface area contributed by atoms with Crippen LogP contribution in [0.15, 0.2) is 12.1 Å². The first kappa shape index (κ1) is 12.0. The number of benzene rings is 1. The van der Waals surface area contributed by atoms with Gasteiger partial charge in [-0.2, -0.15) is 0 Å². The van der Waals surface area contributed by atoms with Crippen molar-refractivity contribution in [2.24, 2.45) is 5.92 Å². The molecule has 0 spiro atoms. The Bertz CT molecular complexity index is 441. The van der Waals surface area contributed by atoms with Crippen LogP contribution in [0.25, 0.3) is 0 Å². The van der Waals surface area contributed by atoms with Gasteiger partial charge in [-0.3, -0.25) is 0 Å². The fraction of sp³-hybridized carbons (Fsp3) is 0.625. The Labute approximate surface area is 110 Å². The average Bonchev–Trinajstić information content (AvgIpc) is 2.40. The summed E-state index contributed by atoms with van der Waals surface area (Å²) in [6, 6.07) is 5.18. The molecule has 1 aromatic rings. The summed E-state index contributed by atoms with van der Waals surface area (Å²) in [6.07, 6.45) is 5.15. The van der Waals surface area contributed by atoms with E-state index in [2.05, 4.69) is 31.3 Å². The van der Waals surface area contributed by atoms with E-state index in [1.165, 1.54) is 36.8 Å². The number of nitrogens with one attached hydrogen (secondary N) is 1. The van der Waals surface area contributed by atoms with Crippen molar-refractivity contribution in [1.82, 2.24) is 5.32 Å². The lowest BCUT2D eigenvalue weighted by atomic mass is 9.85. The van der Waals surface area contributed by atoms with E-state index in [4.69, 9.17) is 4.74 Å². The zero-order chi connectivity index (χ0) is 12.5. The van der Waals surface area contributed by atoms with E-state index in [1.807, 2.05) is 0 Å². The van der Waals surface area contributed by atoms with Crippen molar-refractivity contribution in [2.75, 3.05) is 13.2 Å². The first-order valence-electron chi connectivity index (χ1n) is 7.31. The second-order valence-electron chi connectivity index (χ2n) is 5.69. The quantitative estimate of drug-likeness (QED) is 0.863. The maximum atomic E-state index is 5.94. The summed E-state index contributed by atoms with van der Waals surface area (Å²) >= 11 is 0. The maximum absolute atomic E-state index is 5.94. The minimum absolute atomic E-state index is 0.464. The summed E-state index contributed by atoms with van der Waals surface area (Å²) in [4.78, 5) is 0. The van der Waals surface area contributed by atoms with Crippen molar-refractivity contribution in [2.45, 2.75) is 45.6 Å². The Hall–Kier alpha value is -1.02. The molecule has 18 heavy (non-hydrogen) atoms. The molecule has 1 N–H and O–H groups in total. The smallest absolute Gasteiger partial charge is 0.124 e. The summed E-state index contributed by atoms with van der Waals surface area (Å²) in [5.41, 5.74) is 4.46. The van der Waals surface area contributed by atoms with E-state index in [0.717, 1.165) is 18.9 Å². The lowest BCUT2D eigenvalue weighted by molar-refractivity contribution is 0.189. The lowest BCUT2D eigenvalue weighted by Gasteiger charge is -2.33. The number of fused-ring (bicyclic) bond motifs is 2. The van der Waals surface area contributed by atoms with E-state index >= 15 is 0 Å². The van der Waals surface area contributed by atoms with Gasteiger partial charge in [-0.15, -0.1) is 0 Å². The maximum Gasteiger partial charge on any atom is 0.124 e. The van der Waals surface area contributed by atoms with Gasteiger partial charge in [0.1, 0.15) is 5.75 Å². The number of rotatable bonds is 2. The predicted octanol–water partition coefficient (Wildman–Crippen LogP) is 3.24. The standard InChI is InChI=1S/C16H23NO/c1-3-17-16-11(2)10-18-15-9-13-7-5-4-6-12(13)8-14(15)16/h8-9,11,16-17H,3-7,10H2,1-2H3. The highest BCUT2D eigenvalue weighted by Gasteiger charge is 2.28. The van der Waals surface area contributed by atoms with Crippen LogP contribution in [0.3, 0.4) is 0 Å². The summed E-state index contributed by atoms with van der Waals surface area (Å²) in [7, 11) is 0. The number of aryl methyl sites for hydroxylation is 2. The van der Waals surface area contributed by atoms with Gasteiger partial charge in [0, 0.05) is 17.5 Å². The molecule has 0 saturated heterocycles. The average molecular weight is 245 g/mol. The molecule has 2 atom stereocenters. The van der Waals surface area contributed by atoms with Gasteiger partial charge in [0.2, 0.25) is 0 Å². The zero-order valence-electron chi connectivity index (χ0n) is 11.5. The minimum Gasteiger partial charge on any atom is -0.493 e. The Morgan fingerprint density at radius 1 is 1.22 bits per heavy atom. The van der Waals surface area contributed by atoms with Crippen LogP contribution in [0.2, 0.25) is 0 Å². The molecule has 2 heteroatoms. The van der Waals surface area contributed by atoms with Gasteiger partial charge in [-0.1, -0.05) is 19.9 Å². The zero-order valence-corrected chi connectivity index (χ0v) is 11.5. The first-order valence-corrected chi connectivity index (χ1v) is 7.31. The number of hydrogen-bond donors (Lipinski definition) is 1. The van der Waals surface area contributed by atoms with Crippen LogP contribution in [0, 0.1) is 5.92 Å². The van der Waals surface area contributed by atoms with Crippen molar-refractivity contribution in [3.8, 4) is 5.75 Å². The van der Waals surface area contributed by atoms with Crippen LogP contribution >= 0.6 is 0 Å². The van der Waals surface area contributed by atoms with E-state index < -0.39 is 0 Å². The van der Waals surface area contributed by atoms with E-state index in [-0.39, 0.29) is 0 Å². The molecule has 0 amide bonds. The molecule has 0 radical (unpaired) electrons. The van der Waals surface area contributed by atoms with Gasteiger partial charge in [0.05, 0.1) is 6.61 Å². The molecule has 0 bridgehead atoms.